The van der Waals surface area contributed by atoms with Crippen LogP contribution < -0.4 is 27.4 Å². The van der Waals surface area contributed by atoms with Crippen molar-refractivity contribution in [3.8, 4) is 0 Å². The molecule has 0 bridgehead atoms. The number of nitrogens with two attached hydrogens (primary N) is 2. The van der Waals surface area contributed by atoms with Gasteiger partial charge in [0.2, 0.25) is 23.6 Å². The standard InChI is InChI=1S/C19H31N5O10/c1-8(2)15(18(32)23-11(19(33)34)7-14(28)29)24-17(31)10(4-6-13(26)27)22-16(30)9(20)3-5-12(21)25/h8-11,15H,3-7,20H2,1-2H3,(H2,21,25)(H,22,30)(H,23,32)(H,24,31)(H,26,27)(H,28,29)(H,33,34). The zero-order valence-corrected chi connectivity index (χ0v) is 18.8. The molecule has 4 amide bonds. The van der Waals surface area contributed by atoms with Crippen LogP contribution in [0.15, 0.2) is 0 Å². The molecule has 34 heavy (non-hydrogen) atoms. The second-order valence-corrected chi connectivity index (χ2v) is 7.83. The van der Waals surface area contributed by atoms with Crippen LogP contribution in [0.1, 0.15) is 46.0 Å². The van der Waals surface area contributed by atoms with Crippen molar-refractivity contribution in [3.05, 3.63) is 0 Å². The number of amides is 4. The normalized spacial score (nSPS) is 14.2. The fourth-order valence-corrected chi connectivity index (χ4v) is 2.67. The third-order valence-electron chi connectivity index (χ3n) is 4.56. The molecule has 0 saturated carbocycles. The lowest BCUT2D eigenvalue weighted by Crippen LogP contribution is -2.58. The Morgan fingerprint density at radius 2 is 1.29 bits per heavy atom. The van der Waals surface area contributed by atoms with E-state index in [4.69, 9.17) is 26.8 Å². The Kier molecular flexibility index (Phi) is 12.8. The van der Waals surface area contributed by atoms with Gasteiger partial charge < -0.3 is 42.7 Å². The first-order valence-corrected chi connectivity index (χ1v) is 10.3. The number of nitrogens with one attached hydrogen (secondary N) is 3. The fraction of sp³-hybridized carbons (Fsp3) is 0.632. The van der Waals surface area contributed by atoms with Gasteiger partial charge in [-0.05, 0) is 18.8 Å². The number of primary amides is 1. The highest BCUT2D eigenvalue weighted by molar-refractivity contribution is 5.95. The molecule has 10 N–H and O–H groups in total. The molecule has 4 unspecified atom stereocenters. The predicted molar refractivity (Wildman–Crippen MR) is 114 cm³/mol. The zero-order valence-electron chi connectivity index (χ0n) is 18.8. The Morgan fingerprint density at radius 1 is 0.735 bits per heavy atom. The van der Waals surface area contributed by atoms with Gasteiger partial charge in [-0.3, -0.25) is 28.8 Å². The minimum atomic E-state index is -1.76. The topological polar surface area (TPSA) is 268 Å². The first-order valence-electron chi connectivity index (χ1n) is 10.3. The molecule has 15 heteroatoms. The molecule has 15 nitrogen and oxygen atoms in total. The summed E-state index contributed by atoms with van der Waals surface area (Å²) in [6.07, 6.45) is -2.10. The molecular weight excluding hydrogens is 458 g/mol. The van der Waals surface area contributed by atoms with Crippen LogP contribution in [0, 0.1) is 5.92 Å². The summed E-state index contributed by atoms with van der Waals surface area (Å²) in [6.45, 7) is 3.03. The molecule has 192 valence electrons. The van der Waals surface area contributed by atoms with E-state index in [9.17, 15) is 33.6 Å². The summed E-state index contributed by atoms with van der Waals surface area (Å²) in [7, 11) is 0. The van der Waals surface area contributed by atoms with E-state index in [1.54, 1.807) is 0 Å². The van der Waals surface area contributed by atoms with Gasteiger partial charge in [-0.2, -0.15) is 0 Å². The van der Waals surface area contributed by atoms with Crippen molar-refractivity contribution in [1.29, 1.82) is 0 Å². The first-order chi connectivity index (χ1) is 15.6. The first kappa shape index (κ1) is 30.2. The quantitative estimate of drug-likeness (QED) is 0.109. The van der Waals surface area contributed by atoms with Crippen LogP contribution in [0.3, 0.4) is 0 Å². The lowest BCUT2D eigenvalue weighted by molar-refractivity contribution is -0.147. The number of rotatable bonds is 16. The molecule has 0 aromatic heterocycles. The number of carbonyl (C=O) groups is 7. The summed E-state index contributed by atoms with van der Waals surface area (Å²) in [5.41, 5.74) is 10.7. The summed E-state index contributed by atoms with van der Waals surface area (Å²) in [6, 6.07) is -5.74. The summed E-state index contributed by atoms with van der Waals surface area (Å²) < 4.78 is 0. The van der Waals surface area contributed by atoms with Gasteiger partial charge >= 0.3 is 17.9 Å². The largest absolute Gasteiger partial charge is 0.481 e. The molecule has 0 radical (unpaired) electrons. The predicted octanol–water partition coefficient (Wildman–Crippen LogP) is -2.89. The summed E-state index contributed by atoms with van der Waals surface area (Å²) in [5, 5.41) is 33.5. The average Bonchev–Trinajstić information content (AvgIpc) is 2.71. The van der Waals surface area contributed by atoms with Gasteiger partial charge in [-0.1, -0.05) is 13.8 Å². The van der Waals surface area contributed by atoms with E-state index in [0.717, 1.165) is 0 Å². The van der Waals surface area contributed by atoms with E-state index in [-0.39, 0.29) is 19.3 Å². The fourth-order valence-electron chi connectivity index (χ4n) is 2.67. The van der Waals surface area contributed by atoms with Gasteiger partial charge in [-0.25, -0.2) is 4.79 Å². The molecule has 0 rings (SSSR count). The molecule has 4 atom stereocenters. The highest BCUT2D eigenvalue weighted by atomic mass is 16.4. The van der Waals surface area contributed by atoms with Gasteiger partial charge in [0.1, 0.15) is 18.1 Å². The van der Waals surface area contributed by atoms with Crippen LogP contribution >= 0.6 is 0 Å². The van der Waals surface area contributed by atoms with Gasteiger partial charge in [0, 0.05) is 12.8 Å². The molecule has 0 aliphatic carbocycles. The van der Waals surface area contributed by atoms with Crippen LogP contribution in [0.5, 0.6) is 0 Å². The minimum absolute atomic E-state index is 0.119. The number of carbonyl (C=O) groups excluding carboxylic acids is 4. The van der Waals surface area contributed by atoms with E-state index in [1.807, 2.05) is 5.32 Å². The van der Waals surface area contributed by atoms with Gasteiger partial charge in [0.15, 0.2) is 0 Å². The number of hydrogen-bond donors (Lipinski definition) is 8. The lowest BCUT2D eigenvalue weighted by Gasteiger charge is -2.26. The Morgan fingerprint density at radius 3 is 1.74 bits per heavy atom. The SMILES string of the molecule is CC(C)C(NC(=O)C(CCC(=O)O)NC(=O)C(N)CCC(N)=O)C(=O)NC(CC(=O)O)C(=O)O. The number of carboxylic acid groups (broad SMARTS) is 3. The molecule has 0 saturated heterocycles. The van der Waals surface area contributed by atoms with E-state index < -0.39 is 84.5 Å². The van der Waals surface area contributed by atoms with Crippen LogP contribution in [0.2, 0.25) is 0 Å². The third kappa shape index (κ3) is 11.8. The Bertz CT molecular complexity index is 800. The molecule has 0 heterocycles. The Labute approximate surface area is 194 Å². The smallest absolute Gasteiger partial charge is 0.326 e. The number of aliphatic carboxylic acids is 3. The van der Waals surface area contributed by atoms with Crippen molar-refractivity contribution in [2.75, 3.05) is 0 Å². The van der Waals surface area contributed by atoms with Crippen molar-refractivity contribution in [3.63, 3.8) is 0 Å². The summed E-state index contributed by atoms with van der Waals surface area (Å²) in [5.74, 6) is -8.42. The molecule has 0 aliphatic rings. The minimum Gasteiger partial charge on any atom is -0.481 e. The van der Waals surface area contributed by atoms with Crippen LogP contribution in [-0.4, -0.2) is 81.0 Å². The molecule has 0 aromatic carbocycles. The molecule has 0 spiro atoms. The summed E-state index contributed by atoms with van der Waals surface area (Å²) >= 11 is 0. The maximum Gasteiger partial charge on any atom is 0.326 e. The van der Waals surface area contributed by atoms with E-state index in [0.29, 0.717) is 0 Å². The van der Waals surface area contributed by atoms with E-state index in [1.165, 1.54) is 13.8 Å². The average molecular weight is 489 g/mol. The maximum absolute atomic E-state index is 12.8. The maximum atomic E-state index is 12.8. The van der Waals surface area contributed by atoms with Gasteiger partial charge in [0.25, 0.3) is 0 Å². The van der Waals surface area contributed by atoms with Crippen LogP contribution in [0.25, 0.3) is 0 Å². The van der Waals surface area contributed by atoms with Crippen LogP contribution in [-0.2, 0) is 33.6 Å². The molecule has 0 aromatic rings. The second-order valence-electron chi connectivity index (χ2n) is 7.83. The monoisotopic (exact) mass is 489 g/mol. The zero-order chi connectivity index (χ0) is 26.6. The van der Waals surface area contributed by atoms with Crippen molar-refractivity contribution < 1.29 is 48.9 Å². The Hall–Kier alpha value is -3.75. The third-order valence-corrected chi connectivity index (χ3v) is 4.56. The number of carboxylic acids is 3. The Balaban J connectivity index is 5.48. The molecule has 0 aliphatic heterocycles. The molecule has 0 fully saturated rings. The van der Waals surface area contributed by atoms with Gasteiger partial charge in [0.05, 0.1) is 12.5 Å². The van der Waals surface area contributed by atoms with E-state index in [2.05, 4.69) is 10.6 Å². The van der Waals surface area contributed by atoms with Crippen LogP contribution in [0.4, 0.5) is 0 Å². The van der Waals surface area contributed by atoms with Crippen molar-refractivity contribution in [2.45, 2.75) is 70.1 Å². The second kappa shape index (κ2) is 14.4. The number of hydrogen-bond acceptors (Lipinski definition) is 8. The lowest BCUT2D eigenvalue weighted by atomic mass is 10.0. The van der Waals surface area contributed by atoms with Gasteiger partial charge in [-0.15, -0.1) is 0 Å². The highest BCUT2D eigenvalue weighted by Crippen LogP contribution is 2.07. The molecular formula is C19H31N5O10. The highest BCUT2D eigenvalue weighted by Gasteiger charge is 2.32. The summed E-state index contributed by atoms with van der Waals surface area (Å²) in [4.78, 5) is 81.5. The van der Waals surface area contributed by atoms with Crippen molar-refractivity contribution in [1.82, 2.24) is 16.0 Å². The van der Waals surface area contributed by atoms with Crippen molar-refractivity contribution in [2.24, 2.45) is 17.4 Å². The van der Waals surface area contributed by atoms with E-state index >= 15 is 0 Å². The van der Waals surface area contributed by atoms with Crippen molar-refractivity contribution >= 4 is 41.5 Å².